The molecule has 6 nitrogen and oxygen atoms in total. The van der Waals surface area contributed by atoms with Crippen molar-refractivity contribution in [3.8, 4) is 5.69 Å². The first kappa shape index (κ1) is 12.7. The Kier molecular flexibility index (Phi) is 3.14. The molecule has 1 aliphatic carbocycles. The van der Waals surface area contributed by atoms with Crippen LogP contribution in [-0.4, -0.2) is 14.7 Å². The third-order valence-electron chi connectivity index (χ3n) is 3.72. The summed E-state index contributed by atoms with van der Waals surface area (Å²) in [5.74, 6) is 0. The van der Waals surface area contributed by atoms with Gasteiger partial charge in [-0.1, -0.05) is 12.5 Å². The summed E-state index contributed by atoms with van der Waals surface area (Å²) in [5.41, 5.74) is 2.21. The van der Waals surface area contributed by atoms with Crippen LogP contribution in [0, 0.1) is 10.1 Å². The van der Waals surface area contributed by atoms with Crippen LogP contribution in [0.25, 0.3) is 5.69 Å². The van der Waals surface area contributed by atoms with Gasteiger partial charge in [-0.05, 0) is 31.7 Å². The van der Waals surface area contributed by atoms with Gasteiger partial charge in [-0.15, -0.1) is 0 Å². The predicted molar refractivity (Wildman–Crippen MR) is 74.3 cm³/mol. The van der Waals surface area contributed by atoms with Gasteiger partial charge in [0.15, 0.2) is 0 Å². The number of nitrogens with zero attached hydrogens (tertiary/aromatic N) is 2. The molecule has 6 heteroatoms. The highest BCUT2D eigenvalue weighted by Crippen LogP contribution is 2.19. The molecule has 0 unspecified atom stereocenters. The van der Waals surface area contributed by atoms with Gasteiger partial charge in [0.2, 0.25) is 0 Å². The highest BCUT2D eigenvalue weighted by molar-refractivity contribution is 5.43. The summed E-state index contributed by atoms with van der Waals surface area (Å²) in [4.78, 5) is 22.8. The van der Waals surface area contributed by atoms with Crippen LogP contribution >= 0.6 is 0 Å². The lowest BCUT2D eigenvalue weighted by Gasteiger charge is -2.02. The summed E-state index contributed by atoms with van der Waals surface area (Å²) in [6.07, 6.45) is 4.88. The van der Waals surface area contributed by atoms with Crippen molar-refractivity contribution in [3.05, 3.63) is 56.0 Å². The van der Waals surface area contributed by atoms with Gasteiger partial charge in [-0.2, -0.15) is 0 Å². The number of non-ortho nitro benzene ring substituents is 1. The highest BCUT2D eigenvalue weighted by Gasteiger charge is 2.18. The summed E-state index contributed by atoms with van der Waals surface area (Å²) in [6, 6.07) is 6.12. The molecule has 104 valence electrons. The molecular weight excluding hydrogens is 258 g/mol. The lowest BCUT2D eigenvalue weighted by atomic mass is 10.1. The van der Waals surface area contributed by atoms with Crippen molar-refractivity contribution >= 4 is 5.69 Å². The molecule has 3 rings (SSSR count). The molecule has 0 atom stereocenters. The number of aryl methyl sites for hydroxylation is 1. The van der Waals surface area contributed by atoms with Crippen LogP contribution in [0.4, 0.5) is 5.69 Å². The number of aromatic nitrogens is 2. The molecule has 1 aliphatic rings. The van der Waals surface area contributed by atoms with Crippen molar-refractivity contribution in [2.75, 3.05) is 0 Å². The summed E-state index contributed by atoms with van der Waals surface area (Å²) in [5, 5.41) is 13.9. The van der Waals surface area contributed by atoms with Crippen molar-refractivity contribution in [1.82, 2.24) is 9.78 Å². The number of hydrogen-bond acceptors (Lipinski definition) is 3. The number of nitro groups is 1. The van der Waals surface area contributed by atoms with Crippen LogP contribution in [-0.2, 0) is 12.8 Å². The van der Waals surface area contributed by atoms with E-state index < -0.39 is 4.92 Å². The van der Waals surface area contributed by atoms with Gasteiger partial charge < -0.3 is 0 Å². The van der Waals surface area contributed by atoms with E-state index in [4.69, 9.17) is 0 Å². The molecule has 1 N–H and O–H groups in total. The Labute approximate surface area is 115 Å². The Morgan fingerprint density at radius 1 is 1.20 bits per heavy atom. The molecular formula is C14H15N3O3. The van der Waals surface area contributed by atoms with Crippen LogP contribution in [0.3, 0.4) is 0 Å². The second-order valence-corrected chi connectivity index (χ2v) is 5.05. The zero-order chi connectivity index (χ0) is 14.1. The van der Waals surface area contributed by atoms with Crippen LogP contribution in [0.2, 0.25) is 0 Å². The molecule has 0 spiro atoms. The zero-order valence-corrected chi connectivity index (χ0v) is 11.0. The smallest absolute Gasteiger partial charge is 0.274 e. The van der Waals surface area contributed by atoms with E-state index in [1.165, 1.54) is 16.8 Å². The second kappa shape index (κ2) is 4.96. The maximum Gasteiger partial charge on any atom is 0.274 e. The number of rotatable bonds is 2. The van der Waals surface area contributed by atoms with Gasteiger partial charge in [0.1, 0.15) is 0 Å². The van der Waals surface area contributed by atoms with E-state index in [0.29, 0.717) is 5.69 Å². The molecule has 0 radical (unpaired) electrons. The number of H-pyrrole nitrogens is 1. The van der Waals surface area contributed by atoms with Crippen molar-refractivity contribution in [2.24, 2.45) is 0 Å². The quantitative estimate of drug-likeness (QED) is 0.518. The normalized spacial score (nSPS) is 14.6. The third-order valence-corrected chi connectivity index (χ3v) is 3.72. The number of aromatic amines is 1. The van der Waals surface area contributed by atoms with Gasteiger partial charge in [0, 0.05) is 23.4 Å². The molecule has 0 fully saturated rings. The van der Waals surface area contributed by atoms with Crippen LogP contribution < -0.4 is 5.56 Å². The van der Waals surface area contributed by atoms with E-state index in [1.807, 2.05) is 0 Å². The Hall–Kier alpha value is -2.37. The number of benzene rings is 1. The number of nitrogens with one attached hydrogen (secondary N) is 1. The number of hydrogen-bond donors (Lipinski definition) is 1. The van der Waals surface area contributed by atoms with Crippen molar-refractivity contribution in [1.29, 1.82) is 0 Å². The lowest BCUT2D eigenvalue weighted by molar-refractivity contribution is -0.384. The van der Waals surface area contributed by atoms with Crippen LogP contribution in [0.15, 0.2) is 29.1 Å². The van der Waals surface area contributed by atoms with Gasteiger partial charge in [-0.25, -0.2) is 4.68 Å². The van der Waals surface area contributed by atoms with E-state index in [2.05, 4.69) is 5.10 Å². The Morgan fingerprint density at radius 2 is 2.00 bits per heavy atom. The minimum absolute atomic E-state index is 0.0146. The minimum atomic E-state index is -0.456. The van der Waals surface area contributed by atoms with Gasteiger partial charge >= 0.3 is 0 Å². The van der Waals surface area contributed by atoms with Crippen LogP contribution in [0.1, 0.15) is 30.5 Å². The molecule has 0 amide bonds. The summed E-state index contributed by atoms with van der Waals surface area (Å²) in [7, 11) is 0. The van der Waals surface area contributed by atoms with E-state index in [1.54, 1.807) is 12.1 Å². The van der Waals surface area contributed by atoms with Gasteiger partial charge in [0.25, 0.3) is 11.2 Å². The zero-order valence-electron chi connectivity index (χ0n) is 11.0. The molecule has 20 heavy (non-hydrogen) atoms. The second-order valence-electron chi connectivity index (χ2n) is 5.05. The number of fused-ring (bicyclic) bond motifs is 1. The van der Waals surface area contributed by atoms with Crippen molar-refractivity contribution in [2.45, 2.75) is 32.1 Å². The molecule has 0 saturated carbocycles. The summed E-state index contributed by atoms with van der Waals surface area (Å²) < 4.78 is 1.42. The molecule has 1 aromatic carbocycles. The van der Waals surface area contributed by atoms with Crippen molar-refractivity contribution < 1.29 is 4.92 Å². The molecule has 0 bridgehead atoms. The average Bonchev–Trinajstić information content (AvgIpc) is 2.64. The third kappa shape index (κ3) is 2.13. The molecule has 2 aromatic rings. The first-order chi connectivity index (χ1) is 9.66. The largest absolute Gasteiger partial charge is 0.295 e. The topological polar surface area (TPSA) is 80.9 Å². The average molecular weight is 273 g/mol. The fourth-order valence-corrected chi connectivity index (χ4v) is 2.69. The lowest BCUT2D eigenvalue weighted by Crippen LogP contribution is -2.17. The Balaban J connectivity index is 2.09. The summed E-state index contributed by atoms with van der Waals surface area (Å²) in [6.45, 7) is 0. The Bertz CT molecular complexity index is 715. The molecule has 0 aliphatic heterocycles. The maximum absolute atomic E-state index is 12.4. The fourth-order valence-electron chi connectivity index (χ4n) is 2.69. The molecule has 1 aromatic heterocycles. The standard InChI is InChI=1S/C14H15N3O3/c18-14-12-7-2-1-3-8-13(12)15-16(14)10-5-4-6-11(9-10)17(19)20/h4-6,9,15H,1-3,7-8H2. The number of nitro benzene ring substituents is 1. The van der Waals surface area contributed by atoms with Gasteiger partial charge in [0.05, 0.1) is 10.6 Å². The van der Waals surface area contributed by atoms with E-state index >= 15 is 0 Å². The fraction of sp³-hybridized carbons (Fsp3) is 0.357. The predicted octanol–water partition coefficient (Wildman–Crippen LogP) is 2.34. The van der Waals surface area contributed by atoms with Gasteiger partial charge in [-0.3, -0.25) is 20.0 Å². The monoisotopic (exact) mass is 273 g/mol. The van der Waals surface area contributed by atoms with E-state index in [-0.39, 0.29) is 11.2 Å². The van der Waals surface area contributed by atoms with E-state index in [0.717, 1.165) is 43.4 Å². The summed E-state index contributed by atoms with van der Waals surface area (Å²) >= 11 is 0. The maximum atomic E-state index is 12.4. The molecule has 1 heterocycles. The van der Waals surface area contributed by atoms with E-state index in [9.17, 15) is 14.9 Å². The first-order valence-corrected chi connectivity index (χ1v) is 6.74. The Morgan fingerprint density at radius 3 is 2.80 bits per heavy atom. The minimum Gasteiger partial charge on any atom is -0.295 e. The SMILES string of the molecule is O=c1c2c([nH]n1-c1cccc([N+](=O)[O-])c1)CCCCC2. The molecule has 0 saturated heterocycles. The first-order valence-electron chi connectivity index (χ1n) is 6.74. The highest BCUT2D eigenvalue weighted by atomic mass is 16.6. The van der Waals surface area contributed by atoms with Crippen molar-refractivity contribution in [3.63, 3.8) is 0 Å². The van der Waals surface area contributed by atoms with Crippen LogP contribution in [0.5, 0.6) is 0 Å².